The highest BCUT2D eigenvalue weighted by Gasteiger charge is 2.22. The highest BCUT2D eigenvalue weighted by Crippen LogP contribution is 2.25. The van der Waals surface area contributed by atoms with Gasteiger partial charge in [-0.05, 0) is 36.8 Å². The predicted octanol–water partition coefficient (Wildman–Crippen LogP) is 1.83. The minimum absolute atomic E-state index is 0.0365. The molecule has 0 bridgehead atoms. The van der Waals surface area contributed by atoms with E-state index in [4.69, 9.17) is 4.74 Å². The number of rotatable bonds is 9. The summed E-state index contributed by atoms with van der Waals surface area (Å²) in [7, 11) is 1.59. The van der Waals surface area contributed by atoms with Crippen LogP contribution in [0.5, 0.6) is 0 Å². The fourth-order valence-corrected chi connectivity index (χ4v) is 3.75. The molecule has 176 valence electrons. The van der Waals surface area contributed by atoms with Crippen molar-refractivity contribution in [3.63, 3.8) is 0 Å². The second kappa shape index (κ2) is 11.4. The maximum absolute atomic E-state index is 12.6. The third-order valence-electron chi connectivity index (χ3n) is 5.60. The van der Waals surface area contributed by atoms with Crippen molar-refractivity contribution < 1.29 is 24.2 Å². The Hall–Kier alpha value is -3.43. The summed E-state index contributed by atoms with van der Waals surface area (Å²) in [6, 6.07) is 12.2. The van der Waals surface area contributed by atoms with E-state index in [0.29, 0.717) is 51.4 Å². The van der Waals surface area contributed by atoms with Gasteiger partial charge in [0.1, 0.15) is 0 Å². The molecule has 0 spiro atoms. The predicted molar refractivity (Wildman–Crippen MR) is 126 cm³/mol. The number of aryl methyl sites for hydroxylation is 1. The normalized spacial score (nSPS) is 14.1. The Balaban J connectivity index is 1.63. The number of anilines is 2. The van der Waals surface area contributed by atoms with E-state index < -0.39 is 5.97 Å². The second-order valence-electron chi connectivity index (χ2n) is 7.91. The molecule has 9 heteroatoms. The maximum Gasteiger partial charge on any atom is 0.337 e. The molecular weight excluding hydrogens is 424 g/mol. The quantitative estimate of drug-likeness (QED) is 0.496. The standard InChI is InChI=1S/C24H30N4O5/c1-17-5-3-4-6-19(17)23(30)26-21-8-7-18(15-20(21)24(31)32)28-12-10-27(11-13-28)16-22(29)25-9-14-33-2/h3-8,15H,9-14,16H2,1-2H3,(H,25,29)(H,26,30)(H,31,32). The fraction of sp³-hybridized carbons (Fsp3) is 0.375. The van der Waals surface area contributed by atoms with Crippen molar-refractivity contribution in [2.75, 3.05) is 63.2 Å². The smallest absolute Gasteiger partial charge is 0.337 e. The van der Waals surface area contributed by atoms with Gasteiger partial charge in [-0.1, -0.05) is 18.2 Å². The lowest BCUT2D eigenvalue weighted by Crippen LogP contribution is -2.49. The number of hydrogen-bond donors (Lipinski definition) is 3. The molecule has 9 nitrogen and oxygen atoms in total. The summed E-state index contributed by atoms with van der Waals surface area (Å²) in [5.74, 6) is -1.49. The number of carbonyl (C=O) groups excluding carboxylic acids is 2. The van der Waals surface area contributed by atoms with Crippen LogP contribution in [0.1, 0.15) is 26.3 Å². The average molecular weight is 455 g/mol. The topological polar surface area (TPSA) is 111 Å². The van der Waals surface area contributed by atoms with Gasteiger partial charge in [-0.25, -0.2) is 4.79 Å². The molecule has 1 heterocycles. The maximum atomic E-state index is 12.6. The summed E-state index contributed by atoms with van der Waals surface area (Å²) >= 11 is 0. The first-order valence-corrected chi connectivity index (χ1v) is 10.9. The van der Waals surface area contributed by atoms with Crippen molar-refractivity contribution in [1.82, 2.24) is 10.2 Å². The first-order valence-electron chi connectivity index (χ1n) is 10.9. The number of benzene rings is 2. The second-order valence-corrected chi connectivity index (χ2v) is 7.91. The van der Waals surface area contributed by atoms with E-state index in [2.05, 4.69) is 20.4 Å². The summed E-state index contributed by atoms with van der Waals surface area (Å²) < 4.78 is 4.93. The Morgan fingerprint density at radius 3 is 2.42 bits per heavy atom. The van der Waals surface area contributed by atoms with E-state index in [1.165, 1.54) is 0 Å². The SMILES string of the molecule is COCCNC(=O)CN1CCN(c2ccc(NC(=O)c3ccccc3C)c(C(=O)O)c2)CC1. The zero-order valence-corrected chi connectivity index (χ0v) is 19.0. The van der Waals surface area contributed by atoms with E-state index in [1.807, 2.05) is 25.1 Å². The number of methoxy groups -OCH3 is 1. The fourth-order valence-electron chi connectivity index (χ4n) is 3.75. The zero-order valence-electron chi connectivity index (χ0n) is 19.0. The number of nitrogens with one attached hydrogen (secondary N) is 2. The van der Waals surface area contributed by atoms with Crippen LogP contribution in [0.4, 0.5) is 11.4 Å². The van der Waals surface area contributed by atoms with Crippen LogP contribution in [0.2, 0.25) is 0 Å². The highest BCUT2D eigenvalue weighted by atomic mass is 16.5. The van der Waals surface area contributed by atoms with Gasteiger partial charge in [-0.3, -0.25) is 14.5 Å². The Morgan fingerprint density at radius 1 is 1.03 bits per heavy atom. The van der Waals surface area contributed by atoms with Crippen molar-refractivity contribution in [3.05, 3.63) is 59.2 Å². The van der Waals surface area contributed by atoms with E-state index in [0.717, 1.165) is 11.3 Å². The molecule has 0 aliphatic carbocycles. The third kappa shape index (κ3) is 6.53. The average Bonchev–Trinajstić information content (AvgIpc) is 2.80. The minimum atomic E-state index is -1.11. The summed E-state index contributed by atoms with van der Waals surface area (Å²) in [6.07, 6.45) is 0. The number of carboxylic acid groups (broad SMARTS) is 1. The lowest BCUT2D eigenvalue weighted by atomic mass is 10.1. The number of piperazine rings is 1. The summed E-state index contributed by atoms with van der Waals surface area (Å²) in [5, 5.41) is 15.3. The van der Waals surface area contributed by atoms with Crippen LogP contribution in [0.3, 0.4) is 0 Å². The Kier molecular flexibility index (Phi) is 8.39. The highest BCUT2D eigenvalue weighted by molar-refractivity contribution is 6.08. The zero-order chi connectivity index (χ0) is 23.8. The molecule has 1 fully saturated rings. The lowest BCUT2D eigenvalue weighted by molar-refractivity contribution is -0.122. The van der Waals surface area contributed by atoms with Gasteiger partial charge in [0.15, 0.2) is 0 Å². The molecule has 2 aromatic rings. The summed E-state index contributed by atoms with van der Waals surface area (Å²) in [6.45, 7) is 5.82. The number of carbonyl (C=O) groups is 3. The molecule has 3 rings (SSSR count). The van der Waals surface area contributed by atoms with Gasteiger partial charge in [0.2, 0.25) is 5.91 Å². The van der Waals surface area contributed by atoms with Crippen LogP contribution in [0.25, 0.3) is 0 Å². The first kappa shape index (κ1) is 24.2. The summed E-state index contributed by atoms with van der Waals surface area (Å²) in [5.41, 5.74) is 2.37. The number of aromatic carboxylic acids is 1. The van der Waals surface area contributed by atoms with Gasteiger partial charge in [0.25, 0.3) is 5.91 Å². The van der Waals surface area contributed by atoms with Crippen molar-refractivity contribution in [1.29, 1.82) is 0 Å². The van der Waals surface area contributed by atoms with Crippen LogP contribution in [-0.4, -0.2) is 80.8 Å². The molecular formula is C24H30N4O5. The minimum Gasteiger partial charge on any atom is -0.478 e. The van der Waals surface area contributed by atoms with Crippen molar-refractivity contribution in [3.8, 4) is 0 Å². The molecule has 1 aliphatic rings. The molecule has 33 heavy (non-hydrogen) atoms. The van der Waals surface area contributed by atoms with Gasteiger partial charge in [0, 0.05) is 51.1 Å². The van der Waals surface area contributed by atoms with Crippen LogP contribution in [0.15, 0.2) is 42.5 Å². The molecule has 1 saturated heterocycles. The van der Waals surface area contributed by atoms with Crippen LogP contribution in [-0.2, 0) is 9.53 Å². The van der Waals surface area contributed by atoms with Gasteiger partial charge < -0.3 is 25.4 Å². The molecule has 2 aromatic carbocycles. The molecule has 0 atom stereocenters. The lowest BCUT2D eigenvalue weighted by Gasteiger charge is -2.36. The van der Waals surface area contributed by atoms with Gasteiger partial charge >= 0.3 is 5.97 Å². The van der Waals surface area contributed by atoms with Crippen molar-refractivity contribution in [2.24, 2.45) is 0 Å². The van der Waals surface area contributed by atoms with E-state index in [-0.39, 0.29) is 23.1 Å². The first-order chi connectivity index (χ1) is 15.9. The molecule has 0 saturated carbocycles. The molecule has 1 aliphatic heterocycles. The summed E-state index contributed by atoms with van der Waals surface area (Å²) in [4.78, 5) is 40.7. The molecule has 0 unspecified atom stereocenters. The van der Waals surface area contributed by atoms with E-state index in [9.17, 15) is 19.5 Å². The Labute approximate surface area is 193 Å². The molecule has 3 N–H and O–H groups in total. The third-order valence-corrected chi connectivity index (χ3v) is 5.60. The largest absolute Gasteiger partial charge is 0.478 e. The molecule has 2 amide bonds. The van der Waals surface area contributed by atoms with Gasteiger partial charge in [-0.15, -0.1) is 0 Å². The number of ether oxygens (including phenoxy) is 1. The van der Waals surface area contributed by atoms with E-state index >= 15 is 0 Å². The Bertz CT molecular complexity index is 1000. The van der Waals surface area contributed by atoms with Gasteiger partial charge in [-0.2, -0.15) is 0 Å². The number of amides is 2. The van der Waals surface area contributed by atoms with Crippen LogP contribution < -0.4 is 15.5 Å². The monoisotopic (exact) mass is 454 g/mol. The number of carboxylic acids is 1. The number of hydrogen-bond acceptors (Lipinski definition) is 6. The molecule has 0 aromatic heterocycles. The number of nitrogens with zero attached hydrogens (tertiary/aromatic N) is 2. The Morgan fingerprint density at radius 2 is 1.76 bits per heavy atom. The van der Waals surface area contributed by atoms with Gasteiger partial charge in [0.05, 0.1) is 24.4 Å². The van der Waals surface area contributed by atoms with Crippen LogP contribution >= 0.6 is 0 Å². The van der Waals surface area contributed by atoms with Crippen LogP contribution in [0, 0.1) is 6.92 Å². The van der Waals surface area contributed by atoms with Crippen molar-refractivity contribution in [2.45, 2.75) is 6.92 Å². The molecule has 0 radical (unpaired) electrons. The van der Waals surface area contributed by atoms with Crippen molar-refractivity contribution >= 4 is 29.2 Å². The van der Waals surface area contributed by atoms with E-state index in [1.54, 1.807) is 31.4 Å².